The fourth-order valence-corrected chi connectivity index (χ4v) is 4.25. The summed E-state index contributed by atoms with van der Waals surface area (Å²) < 4.78 is 12.1. The van der Waals surface area contributed by atoms with Crippen LogP contribution in [0.2, 0.25) is 0 Å². The van der Waals surface area contributed by atoms with Crippen LogP contribution in [0, 0.1) is 0 Å². The molecule has 1 heterocycles. The minimum Gasteiger partial charge on any atom is -0.494 e. The maximum absolute atomic E-state index is 13.7. The number of aliphatic imine (C=N–C) groups is 1. The molecule has 0 radical (unpaired) electrons. The fourth-order valence-electron chi connectivity index (χ4n) is 4.25. The van der Waals surface area contributed by atoms with Crippen LogP contribution in [0.25, 0.3) is 6.08 Å². The molecule has 0 fully saturated rings. The number of hydrogen-bond acceptors (Lipinski definition) is 5. The Morgan fingerprint density at radius 2 is 1.69 bits per heavy atom. The lowest BCUT2D eigenvalue weighted by Gasteiger charge is -2.32. The molecule has 1 N–H and O–H groups in total. The quantitative estimate of drug-likeness (QED) is 0.416. The van der Waals surface area contributed by atoms with Gasteiger partial charge in [0.25, 0.3) is 5.91 Å². The Bertz CT molecular complexity index is 1190. The molecule has 0 aliphatic carbocycles. The molecule has 0 spiro atoms. The van der Waals surface area contributed by atoms with Crippen LogP contribution in [0.4, 0.5) is 0 Å². The van der Waals surface area contributed by atoms with Gasteiger partial charge in [-0.15, -0.1) is 0 Å². The van der Waals surface area contributed by atoms with Gasteiger partial charge in [0.05, 0.1) is 6.61 Å². The Morgan fingerprint density at radius 1 is 1.03 bits per heavy atom. The zero-order chi connectivity index (χ0) is 25.4. The number of aliphatic hydroxyl groups is 1. The number of nitrogens with zero attached hydrogens (tertiary/aromatic N) is 2. The highest BCUT2D eigenvalue weighted by atomic mass is 16.5. The molecule has 36 heavy (non-hydrogen) atoms. The van der Waals surface area contributed by atoms with Crippen molar-refractivity contribution in [3.8, 4) is 5.75 Å². The maximum Gasteiger partial charge on any atom is 0.254 e. The molecular weight excluding hydrogens is 452 g/mol. The summed E-state index contributed by atoms with van der Waals surface area (Å²) in [7, 11) is 3.50. The number of likely N-dealkylation sites (N-methyl/N-ethyl adjacent to an activating group) is 1. The Labute approximate surface area is 212 Å². The van der Waals surface area contributed by atoms with Gasteiger partial charge in [-0.25, -0.2) is 4.99 Å². The lowest BCUT2D eigenvalue weighted by Crippen LogP contribution is -2.47. The van der Waals surface area contributed by atoms with E-state index in [1.165, 1.54) is 0 Å². The van der Waals surface area contributed by atoms with E-state index in [1.54, 1.807) is 19.0 Å². The number of amides is 1. The molecule has 6 nitrogen and oxygen atoms in total. The SMILES string of the molecule is CN(C)C(=O)[C@]1(C/C=C/c2ccccc2)N=C(c2ccc(OCCCO)cc2)O[C@@H]1c1ccccc1. The third-order valence-corrected chi connectivity index (χ3v) is 6.05. The molecule has 0 unspecified atom stereocenters. The summed E-state index contributed by atoms with van der Waals surface area (Å²) in [6.07, 6.45) is 4.38. The van der Waals surface area contributed by atoms with Gasteiger partial charge in [0.1, 0.15) is 5.75 Å². The number of hydrogen-bond donors (Lipinski definition) is 1. The van der Waals surface area contributed by atoms with Crippen molar-refractivity contribution in [2.75, 3.05) is 27.3 Å². The molecule has 4 rings (SSSR count). The molecule has 1 aliphatic rings. The van der Waals surface area contributed by atoms with E-state index in [9.17, 15) is 4.79 Å². The largest absolute Gasteiger partial charge is 0.494 e. The highest BCUT2D eigenvalue weighted by molar-refractivity contribution is 6.01. The monoisotopic (exact) mass is 484 g/mol. The summed E-state index contributed by atoms with van der Waals surface area (Å²) in [5.41, 5.74) is 1.57. The molecule has 1 aliphatic heterocycles. The number of carbonyl (C=O) groups excluding carboxylic acids is 1. The van der Waals surface area contributed by atoms with Gasteiger partial charge in [-0.05, 0) is 35.4 Å². The average Bonchev–Trinajstić information content (AvgIpc) is 3.30. The van der Waals surface area contributed by atoms with Crippen LogP contribution in [0.3, 0.4) is 0 Å². The molecule has 2 atom stereocenters. The summed E-state index contributed by atoms with van der Waals surface area (Å²) in [5, 5.41) is 8.96. The lowest BCUT2D eigenvalue weighted by molar-refractivity contribution is -0.137. The second-order valence-electron chi connectivity index (χ2n) is 8.92. The third kappa shape index (κ3) is 5.66. The second-order valence-corrected chi connectivity index (χ2v) is 8.92. The molecule has 0 saturated heterocycles. The summed E-state index contributed by atoms with van der Waals surface area (Å²) in [4.78, 5) is 20.3. The molecular formula is C30H32N2O4. The van der Waals surface area contributed by atoms with Crippen LogP contribution >= 0.6 is 0 Å². The van der Waals surface area contributed by atoms with E-state index in [2.05, 4.69) is 0 Å². The van der Waals surface area contributed by atoms with Crippen molar-refractivity contribution in [2.45, 2.75) is 24.5 Å². The Balaban J connectivity index is 1.71. The van der Waals surface area contributed by atoms with E-state index in [4.69, 9.17) is 19.6 Å². The van der Waals surface area contributed by atoms with Crippen molar-refractivity contribution in [3.05, 3.63) is 108 Å². The topological polar surface area (TPSA) is 71.4 Å². The number of aliphatic hydroxyl groups excluding tert-OH is 1. The van der Waals surface area contributed by atoms with Crippen LogP contribution in [-0.2, 0) is 9.53 Å². The number of benzene rings is 3. The Hall–Kier alpha value is -3.90. The molecule has 186 valence electrons. The van der Waals surface area contributed by atoms with Crippen molar-refractivity contribution in [1.82, 2.24) is 4.90 Å². The summed E-state index contributed by atoms with van der Waals surface area (Å²) in [6, 6.07) is 27.2. The maximum atomic E-state index is 13.7. The van der Waals surface area contributed by atoms with Crippen molar-refractivity contribution < 1.29 is 19.4 Å². The van der Waals surface area contributed by atoms with Crippen LogP contribution in [0.5, 0.6) is 5.75 Å². The highest BCUT2D eigenvalue weighted by Gasteiger charge is 2.53. The van der Waals surface area contributed by atoms with Crippen molar-refractivity contribution in [2.24, 2.45) is 4.99 Å². The van der Waals surface area contributed by atoms with Crippen molar-refractivity contribution >= 4 is 17.9 Å². The number of carbonyl (C=O) groups is 1. The van der Waals surface area contributed by atoms with E-state index in [-0.39, 0.29) is 12.5 Å². The van der Waals surface area contributed by atoms with Crippen molar-refractivity contribution in [3.63, 3.8) is 0 Å². The lowest BCUT2D eigenvalue weighted by atomic mass is 9.84. The standard InChI is InChI=1S/C30H32N2O4/c1-32(2)29(34)30(20-9-13-23-11-5-3-6-12-23)27(24-14-7-4-8-15-24)36-28(31-30)25-16-18-26(19-17-25)35-22-10-21-33/h3-9,11-19,27,33H,10,20-22H2,1-2H3/b13-9+/t27-,30-/m1/s1. The molecule has 3 aromatic carbocycles. The molecule has 6 heteroatoms. The first kappa shape index (κ1) is 25.2. The first-order chi connectivity index (χ1) is 17.5. The molecule has 0 saturated carbocycles. The smallest absolute Gasteiger partial charge is 0.254 e. The molecule has 0 bridgehead atoms. The van der Waals surface area contributed by atoms with Crippen LogP contribution < -0.4 is 4.74 Å². The Morgan fingerprint density at radius 3 is 2.33 bits per heavy atom. The van der Waals surface area contributed by atoms with E-state index in [0.29, 0.717) is 31.1 Å². The highest BCUT2D eigenvalue weighted by Crippen LogP contribution is 2.43. The molecule has 0 aromatic heterocycles. The van der Waals surface area contributed by atoms with Crippen LogP contribution in [0.15, 0.2) is 96.0 Å². The van der Waals surface area contributed by atoms with Crippen molar-refractivity contribution in [1.29, 1.82) is 0 Å². The minimum atomic E-state index is -1.15. The van der Waals surface area contributed by atoms with Gasteiger partial charge >= 0.3 is 0 Å². The van der Waals surface area contributed by atoms with Gasteiger partial charge in [-0.1, -0.05) is 72.8 Å². The normalized spacial score (nSPS) is 19.1. The van der Waals surface area contributed by atoms with Gasteiger partial charge in [0.15, 0.2) is 11.6 Å². The van der Waals surface area contributed by atoms with Gasteiger partial charge < -0.3 is 19.5 Å². The van der Waals surface area contributed by atoms with Gasteiger partial charge in [0, 0.05) is 39.1 Å². The van der Waals surface area contributed by atoms with E-state index in [0.717, 1.165) is 16.7 Å². The first-order valence-corrected chi connectivity index (χ1v) is 12.1. The van der Waals surface area contributed by atoms with Gasteiger partial charge in [-0.2, -0.15) is 0 Å². The molecule has 1 amide bonds. The summed E-state index contributed by atoms with van der Waals surface area (Å²) in [6.45, 7) is 0.530. The number of rotatable bonds is 10. The fraction of sp³-hybridized carbons (Fsp3) is 0.267. The zero-order valence-electron chi connectivity index (χ0n) is 20.7. The summed E-state index contributed by atoms with van der Waals surface area (Å²) >= 11 is 0. The van der Waals surface area contributed by atoms with Crippen LogP contribution in [0.1, 0.15) is 35.6 Å². The van der Waals surface area contributed by atoms with Gasteiger partial charge in [-0.3, -0.25) is 4.79 Å². The van der Waals surface area contributed by atoms with E-state index >= 15 is 0 Å². The predicted molar refractivity (Wildman–Crippen MR) is 142 cm³/mol. The van der Waals surface area contributed by atoms with E-state index in [1.807, 2.05) is 97.1 Å². The second kappa shape index (κ2) is 11.7. The first-order valence-electron chi connectivity index (χ1n) is 12.1. The van der Waals surface area contributed by atoms with Gasteiger partial charge in [0.2, 0.25) is 5.90 Å². The zero-order valence-corrected chi connectivity index (χ0v) is 20.7. The minimum absolute atomic E-state index is 0.0876. The Kier molecular flexibility index (Phi) is 8.18. The summed E-state index contributed by atoms with van der Waals surface area (Å²) in [5.74, 6) is 1.01. The van der Waals surface area contributed by atoms with E-state index < -0.39 is 11.6 Å². The third-order valence-electron chi connectivity index (χ3n) is 6.05. The van der Waals surface area contributed by atoms with Crippen LogP contribution in [-0.4, -0.2) is 54.7 Å². The average molecular weight is 485 g/mol. The predicted octanol–water partition coefficient (Wildman–Crippen LogP) is 4.90. The molecule has 3 aromatic rings. The number of ether oxygens (including phenoxy) is 2.